The van der Waals surface area contributed by atoms with Gasteiger partial charge in [0.1, 0.15) is 0 Å². The molecule has 1 heterocycles. The first kappa shape index (κ1) is 20.8. The van der Waals surface area contributed by atoms with Crippen LogP contribution in [0.15, 0.2) is 120 Å². The Bertz CT molecular complexity index is 1360. The zero-order valence-electron chi connectivity index (χ0n) is 17.6. The number of hydrogen-bond acceptors (Lipinski definition) is 2. The lowest BCUT2D eigenvalue weighted by atomic mass is 10.0. The highest BCUT2D eigenvalue weighted by atomic mass is 19.4. The van der Waals surface area contributed by atoms with Gasteiger partial charge in [0.15, 0.2) is 0 Å². The van der Waals surface area contributed by atoms with Crippen molar-refractivity contribution in [1.82, 2.24) is 0 Å². The van der Waals surface area contributed by atoms with Crippen molar-refractivity contribution in [3.8, 4) is 11.1 Å². The van der Waals surface area contributed by atoms with E-state index in [4.69, 9.17) is 0 Å². The molecule has 0 spiro atoms. The minimum absolute atomic E-state index is 0.229. The molecule has 0 N–H and O–H groups in total. The maximum Gasteiger partial charge on any atom is 0.416 e. The van der Waals surface area contributed by atoms with Crippen molar-refractivity contribution < 1.29 is 13.2 Å². The molecular formula is C28H19F3N2. The quantitative estimate of drug-likeness (QED) is 0.314. The number of alkyl halides is 3. The fourth-order valence-corrected chi connectivity index (χ4v) is 4.02. The summed E-state index contributed by atoms with van der Waals surface area (Å²) >= 11 is 0. The number of anilines is 2. The van der Waals surface area contributed by atoms with Crippen molar-refractivity contribution in [3.05, 3.63) is 127 Å². The van der Waals surface area contributed by atoms with Crippen LogP contribution in [0.4, 0.5) is 30.2 Å². The first-order valence-electron chi connectivity index (χ1n) is 10.4. The van der Waals surface area contributed by atoms with Gasteiger partial charge in [0, 0.05) is 11.3 Å². The van der Waals surface area contributed by atoms with E-state index in [1.54, 1.807) is 6.07 Å². The van der Waals surface area contributed by atoms with E-state index in [2.05, 4.69) is 11.6 Å². The van der Waals surface area contributed by atoms with E-state index in [0.29, 0.717) is 11.4 Å². The van der Waals surface area contributed by atoms with E-state index in [9.17, 15) is 13.2 Å². The number of aliphatic imine (C=N–C) groups is 1. The highest BCUT2D eigenvalue weighted by molar-refractivity contribution is 6.24. The average Bonchev–Trinajstić information content (AvgIpc) is 3.10. The SMILES string of the molecule is C=C1C(=Nc2cccc(C(F)(F)F)c2)c2cc(-c3ccccc3)ccc2N1c1ccccc1. The Morgan fingerprint density at radius 2 is 1.39 bits per heavy atom. The van der Waals surface area contributed by atoms with Crippen molar-refractivity contribution in [2.45, 2.75) is 6.18 Å². The number of halogens is 3. The predicted octanol–water partition coefficient (Wildman–Crippen LogP) is 8.16. The van der Waals surface area contributed by atoms with Crippen LogP contribution >= 0.6 is 0 Å². The standard InChI is InChI=1S/C28H19F3N2/c1-19-27(32-23-12-8-11-22(18-23)28(29,30)31)25-17-21(20-9-4-2-5-10-20)15-16-26(25)33(19)24-13-6-3-7-14-24/h2-18H,1H2. The summed E-state index contributed by atoms with van der Waals surface area (Å²) in [6, 6.07) is 30.8. The van der Waals surface area contributed by atoms with E-state index in [1.165, 1.54) is 6.07 Å². The van der Waals surface area contributed by atoms with Gasteiger partial charge in [-0.15, -0.1) is 0 Å². The topological polar surface area (TPSA) is 15.6 Å². The van der Waals surface area contributed by atoms with Gasteiger partial charge in [0.2, 0.25) is 0 Å². The van der Waals surface area contributed by atoms with Crippen molar-refractivity contribution in [2.75, 3.05) is 4.90 Å². The van der Waals surface area contributed by atoms with Gasteiger partial charge in [-0.3, -0.25) is 0 Å². The van der Waals surface area contributed by atoms with Gasteiger partial charge in [0.25, 0.3) is 0 Å². The maximum atomic E-state index is 13.2. The van der Waals surface area contributed by atoms with Gasteiger partial charge in [0.05, 0.1) is 28.3 Å². The molecule has 0 aliphatic carbocycles. The monoisotopic (exact) mass is 440 g/mol. The summed E-state index contributed by atoms with van der Waals surface area (Å²) in [6.45, 7) is 4.25. The molecule has 0 bridgehead atoms. The highest BCUT2D eigenvalue weighted by Gasteiger charge is 2.32. The summed E-state index contributed by atoms with van der Waals surface area (Å²) < 4.78 is 39.7. The normalized spacial score (nSPS) is 14.6. The van der Waals surface area contributed by atoms with Crippen LogP contribution in [-0.2, 0) is 6.18 Å². The van der Waals surface area contributed by atoms with Gasteiger partial charge in [-0.1, -0.05) is 67.2 Å². The van der Waals surface area contributed by atoms with Crippen LogP contribution in [-0.4, -0.2) is 5.71 Å². The van der Waals surface area contributed by atoms with E-state index >= 15 is 0 Å². The zero-order valence-corrected chi connectivity index (χ0v) is 17.6. The molecule has 4 aromatic rings. The fraction of sp³-hybridized carbons (Fsp3) is 0.0357. The Kier molecular flexibility index (Phi) is 5.09. The second-order valence-corrected chi connectivity index (χ2v) is 7.72. The van der Waals surface area contributed by atoms with Gasteiger partial charge in [-0.2, -0.15) is 13.2 Å². The Labute approximate surface area is 190 Å². The second kappa shape index (κ2) is 8.10. The molecule has 5 rings (SSSR count). The molecule has 0 radical (unpaired) electrons. The molecule has 0 fully saturated rings. The van der Waals surface area contributed by atoms with E-state index in [1.807, 2.05) is 83.8 Å². The third kappa shape index (κ3) is 3.94. The van der Waals surface area contributed by atoms with Gasteiger partial charge in [-0.05, 0) is 53.6 Å². The zero-order chi connectivity index (χ0) is 23.0. The summed E-state index contributed by atoms with van der Waals surface area (Å²) in [7, 11) is 0. The summed E-state index contributed by atoms with van der Waals surface area (Å²) in [6.07, 6.45) is -4.43. The molecule has 1 aliphatic heterocycles. The predicted molar refractivity (Wildman–Crippen MR) is 127 cm³/mol. The maximum absolute atomic E-state index is 13.2. The van der Waals surface area contributed by atoms with Crippen molar-refractivity contribution in [2.24, 2.45) is 4.99 Å². The Morgan fingerprint density at radius 3 is 2.09 bits per heavy atom. The van der Waals surface area contributed by atoms with Crippen LogP contribution in [0.3, 0.4) is 0 Å². The number of benzene rings is 4. The van der Waals surface area contributed by atoms with E-state index < -0.39 is 11.7 Å². The fourth-order valence-electron chi connectivity index (χ4n) is 4.02. The lowest BCUT2D eigenvalue weighted by Crippen LogP contribution is -2.13. The summed E-state index contributed by atoms with van der Waals surface area (Å²) in [4.78, 5) is 6.62. The lowest BCUT2D eigenvalue weighted by molar-refractivity contribution is -0.137. The summed E-state index contributed by atoms with van der Waals surface area (Å²) in [5.74, 6) is 0. The van der Waals surface area contributed by atoms with Crippen LogP contribution in [0.25, 0.3) is 11.1 Å². The molecule has 33 heavy (non-hydrogen) atoms. The summed E-state index contributed by atoms with van der Waals surface area (Å²) in [5, 5.41) is 0. The molecule has 5 heteroatoms. The minimum Gasteiger partial charge on any atom is -0.308 e. The Morgan fingerprint density at radius 1 is 0.697 bits per heavy atom. The third-order valence-corrected chi connectivity index (χ3v) is 5.57. The molecule has 1 aliphatic rings. The Hall–Kier alpha value is -4.12. The van der Waals surface area contributed by atoms with Gasteiger partial charge >= 0.3 is 6.18 Å². The Balaban J connectivity index is 1.68. The van der Waals surface area contributed by atoms with Crippen LogP contribution in [0.5, 0.6) is 0 Å². The van der Waals surface area contributed by atoms with Gasteiger partial charge in [-0.25, -0.2) is 4.99 Å². The molecule has 0 unspecified atom stereocenters. The number of allylic oxidation sites excluding steroid dienone is 1. The average molecular weight is 440 g/mol. The van der Waals surface area contributed by atoms with E-state index in [-0.39, 0.29) is 5.69 Å². The number of rotatable bonds is 3. The molecule has 0 saturated carbocycles. The molecule has 0 saturated heterocycles. The largest absolute Gasteiger partial charge is 0.416 e. The van der Waals surface area contributed by atoms with Crippen molar-refractivity contribution in [1.29, 1.82) is 0 Å². The van der Waals surface area contributed by atoms with Crippen LogP contribution in [0.2, 0.25) is 0 Å². The van der Waals surface area contributed by atoms with Crippen molar-refractivity contribution >= 4 is 22.8 Å². The van der Waals surface area contributed by atoms with Crippen LogP contribution in [0, 0.1) is 0 Å². The number of fused-ring (bicyclic) bond motifs is 1. The van der Waals surface area contributed by atoms with Crippen LogP contribution in [0.1, 0.15) is 11.1 Å². The van der Waals surface area contributed by atoms with Crippen LogP contribution < -0.4 is 4.90 Å². The third-order valence-electron chi connectivity index (χ3n) is 5.57. The number of nitrogens with zero attached hydrogens (tertiary/aromatic N) is 2. The minimum atomic E-state index is -4.43. The number of para-hydroxylation sites is 1. The molecule has 2 nitrogen and oxygen atoms in total. The molecule has 0 amide bonds. The molecular weight excluding hydrogens is 421 g/mol. The molecule has 0 atom stereocenters. The van der Waals surface area contributed by atoms with Gasteiger partial charge < -0.3 is 4.90 Å². The van der Waals surface area contributed by atoms with Crippen molar-refractivity contribution in [3.63, 3.8) is 0 Å². The first-order chi connectivity index (χ1) is 15.9. The highest BCUT2D eigenvalue weighted by Crippen LogP contribution is 2.43. The lowest BCUT2D eigenvalue weighted by Gasteiger charge is -2.20. The summed E-state index contributed by atoms with van der Waals surface area (Å²) in [5.41, 5.74) is 5.31. The molecule has 4 aromatic carbocycles. The second-order valence-electron chi connectivity index (χ2n) is 7.72. The smallest absolute Gasteiger partial charge is 0.308 e. The molecule has 0 aromatic heterocycles. The first-order valence-corrected chi connectivity index (χ1v) is 10.4. The molecule has 162 valence electrons. The van der Waals surface area contributed by atoms with E-state index in [0.717, 1.165) is 40.2 Å². The number of hydrogen-bond donors (Lipinski definition) is 0.